The van der Waals surface area contributed by atoms with Gasteiger partial charge in [-0.3, -0.25) is 9.69 Å². The van der Waals surface area contributed by atoms with E-state index in [1.807, 2.05) is 0 Å². The van der Waals surface area contributed by atoms with Gasteiger partial charge >= 0.3 is 0 Å². The normalized spacial score (nSPS) is 30.1. The van der Waals surface area contributed by atoms with Crippen LogP contribution in [0, 0.1) is 0 Å². The van der Waals surface area contributed by atoms with Crippen molar-refractivity contribution >= 4 is 5.78 Å². The van der Waals surface area contributed by atoms with Crippen LogP contribution in [0.25, 0.3) is 0 Å². The van der Waals surface area contributed by atoms with E-state index in [-0.39, 0.29) is 24.5 Å². The minimum atomic E-state index is -0.101. The summed E-state index contributed by atoms with van der Waals surface area (Å²) in [6, 6.07) is 0.553. The third-order valence-corrected chi connectivity index (χ3v) is 2.91. The average molecular weight is 215 g/mol. The van der Waals surface area contributed by atoms with Gasteiger partial charge in [0.2, 0.25) is 0 Å². The number of aliphatic hydroxyl groups excluding tert-OH is 1. The molecular weight excluding hydrogens is 194 g/mol. The molecule has 0 aliphatic carbocycles. The summed E-state index contributed by atoms with van der Waals surface area (Å²) in [6.07, 6.45) is 0.471. The molecule has 1 heterocycles. The highest BCUT2D eigenvalue weighted by Gasteiger charge is 2.29. The van der Waals surface area contributed by atoms with E-state index in [2.05, 4.69) is 18.7 Å². The number of Topliss-reactive ketones (excluding diaryl/α,β-unsaturated/α-hetero) is 1. The summed E-state index contributed by atoms with van der Waals surface area (Å²) >= 11 is 0. The van der Waals surface area contributed by atoms with Gasteiger partial charge in [-0.1, -0.05) is 0 Å². The van der Waals surface area contributed by atoms with Crippen LogP contribution in [0.15, 0.2) is 0 Å². The molecule has 4 nitrogen and oxygen atoms in total. The smallest absolute Gasteiger partial charge is 0.131 e. The predicted octanol–water partition coefficient (Wildman–Crippen LogP) is 0.436. The summed E-state index contributed by atoms with van der Waals surface area (Å²) in [6.45, 7) is 7.16. The van der Waals surface area contributed by atoms with Gasteiger partial charge in [0, 0.05) is 25.0 Å². The van der Waals surface area contributed by atoms with E-state index >= 15 is 0 Å². The number of hydrogen-bond donors (Lipinski definition) is 1. The molecule has 0 radical (unpaired) electrons. The van der Waals surface area contributed by atoms with Crippen molar-refractivity contribution in [2.24, 2.45) is 0 Å². The van der Waals surface area contributed by atoms with Gasteiger partial charge in [0.25, 0.3) is 0 Å². The number of nitrogens with zero attached hydrogens (tertiary/aromatic N) is 1. The van der Waals surface area contributed by atoms with Gasteiger partial charge in [-0.25, -0.2) is 0 Å². The molecule has 4 heteroatoms. The number of carbonyl (C=O) groups excluding carboxylic acids is 1. The summed E-state index contributed by atoms with van der Waals surface area (Å²) in [4.78, 5) is 13.3. The van der Waals surface area contributed by atoms with Crippen molar-refractivity contribution in [3.05, 3.63) is 0 Å². The van der Waals surface area contributed by atoms with Crippen molar-refractivity contribution in [1.82, 2.24) is 4.90 Å². The zero-order valence-electron chi connectivity index (χ0n) is 9.77. The predicted molar refractivity (Wildman–Crippen MR) is 57.8 cm³/mol. The molecule has 0 bridgehead atoms. The maximum absolute atomic E-state index is 11.0. The maximum atomic E-state index is 11.0. The summed E-state index contributed by atoms with van der Waals surface area (Å²) in [5.74, 6) is 0.210. The van der Waals surface area contributed by atoms with E-state index < -0.39 is 0 Å². The minimum Gasteiger partial charge on any atom is -0.394 e. The molecule has 15 heavy (non-hydrogen) atoms. The molecule has 3 atom stereocenters. The van der Waals surface area contributed by atoms with Gasteiger partial charge in [-0.2, -0.15) is 0 Å². The molecule has 0 aromatic carbocycles. The third kappa shape index (κ3) is 3.55. The zero-order chi connectivity index (χ0) is 11.4. The lowest BCUT2D eigenvalue weighted by molar-refractivity contribution is -0.121. The summed E-state index contributed by atoms with van der Waals surface area (Å²) < 4.78 is 5.45. The molecule has 1 N–H and O–H groups in total. The first-order valence-corrected chi connectivity index (χ1v) is 5.52. The van der Waals surface area contributed by atoms with Crippen molar-refractivity contribution < 1.29 is 14.6 Å². The molecular formula is C11H21NO3. The third-order valence-electron chi connectivity index (χ3n) is 2.91. The summed E-state index contributed by atoms with van der Waals surface area (Å²) in [7, 11) is 0. The Balaban J connectivity index is 2.52. The summed E-state index contributed by atoms with van der Waals surface area (Å²) in [5.41, 5.74) is 0. The van der Waals surface area contributed by atoms with Crippen molar-refractivity contribution in [3.63, 3.8) is 0 Å². The van der Waals surface area contributed by atoms with Gasteiger partial charge in [0.15, 0.2) is 0 Å². The van der Waals surface area contributed by atoms with E-state index in [1.165, 1.54) is 0 Å². The molecule has 1 saturated heterocycles. The molecule has 1 rings (SSSR count). The summed E-state index contributed by atoms with van der Waals surface area (Å²) in [5, 5.41) is 9.04. The number of hydrogen-bond acceptors (Lipinski definition) is 4. The number of ketones is 1. The lowest BCUT2D eigenvalue weighted by Gasteiger charge is -2.40. The van der Waals surface area contributed by atoms with Crippen molar-refractivity contribution in [3.8, 4) is 0 Å². The number of ether oxygens (including phenoxy) is 1. The van der Waals surface area contributed by atoms with E-state index in [0.717, 1.165) is 0 Å². The van der Waals surface area contributed by atoms with Crippen LogP contribution in [-0.4, -0.2) is 53.7 Å². The van der Waals surface area contributed by atoms with Crippen LogP contribution in [0.1, 0.15) is 27.2 Å². The monoisotopic (exact) mass is 215 g/mol. The highest BCUT2D eigenvalue weighted by molar-refractivity contribution is 5.76. The first-order chi connectivity index (χ1) is 7.04. The van der Waals surface area contributed by atoms with Crippen LogP contribution < -0.4 is 0 Å². The van der Waals surface area contributed by atoms with Gasteiger partial charge in [0.1, 0.15) is 5.78 Å². The highest BCUT2D eigenvalue weighted by Crippen LogP contribution is 2.16. The quantitative estimate of drug-likeness (QED) is 0.739. The Labute approximate surface area is 91.2 Å². The maximum Gasteiger partial charge on any atom is 0.131 e. The molecule has 1 aliphatic rings. The van der Waals surface area contributed by atoms with Crippen LogP contribution in [0.2, 0.25) is 0 Å². The molecule has 88 valence electrons. The van der Waals surface area contributed by atoms with E-state index in [1.54, 1.807) is 6.92 Å². The van der Waals surface area contributed by atoms with Crippen molar-refractivity contribution in [1.29, 1.82) is 0 Å². The van der Waals surface area contributed by atoms with Crippen LogP contribution in [0.3, 0.4) is 0 Å². The first-order valence-electron chi connectivity index (χ1n) is 5.52. The Hall–Kier alpha value is -0.450. The van der Waals surface area contributed by atoms with E-state index in [9.17, 15) is 4.79 Å². The standard InChI is InChI=1S/C11H21NO3/c1-8(4-10(3)14)12-5-11(6-13)15-7-9(12)2/h8-9,11,13H,4-7H2,1-3H3. The number of rotatable bonds is 4. The van der Waals surface area contributed by atoms with E-state index in [4.69, 9.17) is 9.84 Å². The number of aliphatic hydroxyl groups is 1. The molecule has 1 fully saturated rings. The van der Waals surface area contributed by atoms with Gasteiger partial charge in [-0.15, -0.1) is 0 Å². The Kier molecular flexibility index (Phi) is 4.70. The van der Waals surface area contributed by atoms with Gasteiger partial charge in [-0.05, 0) is 20.8 Å². The van der Waals surface area contributed by atoms with Crippen LogP contribution in [0.4, 0.5) is 0 Å². The molecule has 0 aromatic heterocycles. The average Bonchev–Trinajstić information content (AvgIpc) is 2.17. The Bertz CT molecular complexity index is 220. The molecule has 0 amide bonds. The highest BCUT2D eigenvalue weighted by atomic mass is 16.5. The Morgan fingerprint density at radius 3 is 2.87 bits per heavy atom. The van der Waals surface area contributed by atoms with E-state index in [0.29, 0.717) is 25.6 Å². The molecule has 1 aliphatic heterocycles. The lowest BCUT2D eigenvalue weighted by atomic mass is 10.1. The Morgan fingerprint density at radius 1 is 1.67 bits per heavy atom. The molecule has 0 spiro atoms. The Morgan fingerprint density at radius 2 is 2.33 bits per heavy atom. The fourth-order valence-electron chi connectivity index (χ4n) is 2.10. The SMILES string of the molecule is CC(=O)CC(C)N1CC(CO)OCC1C. The largest absolute Gasteiger partial charge is 0.394 e. The van der Waals surface area contributed by atoms with Gasteiger partial charge in [0.05, 0.1) is 19.3 Å². The van der Waals surface area contributed by atoms with Gasteiger partial charge < -0.3 is 9.84 Å². The molecule has 3 unspecified atom stereocenters. The van der Waals surface area contributed by atoms with Crippen LogP contribution in [-0.2, 0) is 9.53 Å². The topological polar surface area (TPSA) is 49.8 Å². The van der Waals surface area contributed by atoms with Crippen molar-refractivity contribution in [2.45, 2.75) is 45.4 Å². The lowest BCUT2D eigenvalue weighted by Crippen LogP contribution is -2.53. The second kappa shape index (κ2) is 5.58. The molecule has 0 saturated carbocycles. The van der Waals surface area contributed by atoms with Crippen LogP contribution in [0.5, 0.6) is 0 Å². The van der Waals surface area contributed by atoms with Crippen molar-refractivity contribution in [2.75, 3.05) is 19.8 Å². The second-order valence-corrected chi connectivity index (χ2v) is 4.44. The molecule has 0 aromatic rings. The zero-order valence-corrected chi connectivity index (χ0v) is 9.77. The number of morpholine rings is 1. The number of carbonyl (C=O) groups is 1. The fraction of sp³-hybridized carbons (Fsp3) is 0.909. The second-order valence-electron chi connectivity index (χ2n) is 4.44. The first kappa shape index (κ1) is 12.6. The minimum absolute atomic E-state index is 0.0516. The fourth-order valence-corrected chi connectivity index (χ4v) is 2.10. The van der Waals surface area contributed by atoms with Crippen LogP contribution >= 0.6 is 0 Å².